The lowest BCUT2D eigenvalue weighted by molar-refractivity contribution is 0.252. The van der Waals surface area contributed by atoms with Crippen LogP contribution in [-0.2, 0) is 37.0 Å². The Morgan fingerprint density at radius 1 is 1.26 bits per heavy atom. The zero-order valence-electron chi connectivity index (χ0n) is 16.5. The van der Waals surface area contributed by atoms with E-state index in [-0.39, 0.29) is 11.3 Å². The lowest BCUT2D eigenvalue weighted by Crippen LogP contribution is -2.42. The topological polar surface area (TPSA) is 67.4 Å². The summed E-state index contributed by atoms with van der Waals surface area (Å²) in [4.78, 5) is 15.0. The molecule has 1 saturated heterocycles. The average molecular weight is 390 g/mol. The molecule has 6 heteroatoms. The number of anilines is 1. The fourth-order valence-corrected chi connectivity index (χ4v) is 5.91. The van der Waals surface area contributed by atoms with Crippen LogP contribution in [-0.4, -0.2) is 39.9 Å². The smallest absolute Gasteiger partial charge is 0.360 e. The fraction of sp³-hybridized carbons (Fsp3) is 0.667. The van der Waals surface area contributed by atoms with E-state index in [9.17, 15) is 9.35 Å². The number of fused-ring (bicyclic) bond motifs is 2. The third-order valence-electron chi connectivity index (χ3n) is 6.60. The Kier molecular flexibility index (Phi) is 5.67. The number of benzene rings is 1. The summed E-state index contributed by atoms with van der Waals surface area (Å²) < 4.78 is 15.4. The van der Waals surface area contributed by atoms with Crippen molar-refractivity contribution in [2.24, 2.45) is 0 Å². The maximum absolute atomic E-state index is 12.7. The average Bonchev–Trinajstić information content (AvgIpc) is 3.40. The number of nitrogens with one attached hydrogen (secondary N) is 2. The van der Waals surface area contributed by atoms with E-state index in [0.717, 1.165) is 70.1 Å². The minimum atomic E-state index is -1.34. The summed E-state index contributed by atoms with van der Waals surface area (Å²) in [6, 6.07) is 2.55. The molecule has 1 heterocycles. The van der Waals surface area contributed by atoms with Crippen LogP contribution in [0.1, 0.15) is 61.8 Å². The summed E-state index contributed by atoms with van der Waals surface area (Å²) in [6.07, 6.45) is 8.59. The van der Waals surface area contributed by atoms with E-state index in [4.69, 9.17) is 0 Å². The Labute approximate surface area is 165 Å². The number of hydrogen-bond acceptors (Lipinski definition) is 3. The Bertz CT molecular complexity index is 692. The van der Waals surface area contributed by atoms with Gasteiger partial charge in [0, 0.05) is 31.2 Å². The number of carbonyl (C=O) groups is 1. The molecule has 0 radical (unpaired) electrons. The van der Waals surface area contributed by atoms with Crippen molar-refractivity contribution in [3.63, 3.8) is 0 Å². The Hall–Kier alpha value is -1.24. The molecule has 0 aromatic heterocycles. The van der Waals surface area contributed by atoms with Crippen molar-refractivity contribution in [3.8, 4) is 0 Å². The van der Waals surface area contributed by atoms with Gasteiger partial charge in [-0.25, -0.2) is 4.79 Å². The van der Waals surface area contributed by atoms with Gasteiger partial charge in [-0.1, -0.05) is 13.0 Å². The predicted molar refractivity (Wildman–Crippen MR) is 111 cm³/mol. The van der Waals surface area contributed by atoms with Crippen molar-refractivity contribution in [1.82, 2.24) is 9.62 Å². The van der Waals surface area contributed by atoms with Gasteiger partial charge in [-0.05, 0) is 74.1 Å². The molecular weight excluding hydrogens is 358 g/mol. The summed E-state index contributed by atoms with van der Waals surface area (Å²) in [7, 11) is 0. The third-order valence-corrected chi connectivity index (χ3v) is 7.98. The molecule has 148 valence electrons. The Morgan fingerprint density at radius 2 is 1.93 bits per heavy atom. The first-order valence-corrected chi connectivity index (χ1v) is 11.7. The van der Waals surface area contributed by atoms with Gasteiger partial charge >= 0.3 is 6.03 Å². The second-order valence-corrected chi connectivity index (χ2v) is 9.72. The molecule has 27 heavy (non-hydrogen) atoms. The highest BCUT2D eigenvalue weighted by Gasteiger charge is 2.35. The molecule has 1 fully saturated rings. The van der Waals surface area contributed by atoms with E-state index in [0.29, 0.717) is 6.04 Å². The summed E-state index contributed by atoms with van der Waals surface area (Å²) in [5.74, 6) is 0. The van der Waals surface area contributed by atoms with Crippen LogP contribution in [0.15, 0.2) is 6.07 Å². The lowest BCUT2D eigenvalue weighted by atomic mass is 9.99. The van der Waals surface area contributed by atoms with E-state index >= 15 is 0 Å². The van der Waals surface area contributed by atoms with E-state index in [2.05, 4.69) is 34.9 Å². The molecule has 2 N–H and O–H groups in total. The molecule has 5 nitrogen and oxygen atoms in total. The van der Waals surface area contributed by atoms with Crippen LogP contribution < -0.4 is 10.0 Å². The molecule has 1 aliphatic heterocycles. The molecule has 2 aliphatic carbocycles. The molecule has 0 bridgehead atoms. The van der Waals surface area contributed by atoms with Crippen LogP contribution in [0.4, 0.5) is 10.5 Å². The number of rotatable bonds is 5. The standard InChI is InChI=1S/C21H31N3O2S/c1-3-14(2)24-11-10-17(13-24)27(26)23-21(25)22-20-18-8-4-6-15(18)12-16-7-5-9-19(16)20/h12,14,17H,3-11,13H2,1-2H3,(H2,22,23,25). The quantitative estimate of drug-likeness (QED) is 0.759. The molecule has 1 aromatic rings. The van der Waals surface area contributed by atoms with Crippen molar-refractivity contribution < 1.29 is 9.35 Å². The van der Waals surface area contributed by atoms with Crippen molar-refractivity contribution >= 4 is 23.1 Å². The second-order valence-electron chi connectivity index (χ2n) is 8.25. The first-order valence-electron chi connectivity index (χ1n) is 10.5. The number of carbonyl (C=O) groups excluding carboxylic acids is 1. The first-order chi connectivity index (χ1) is 13.1. The molecule has 0 saturated carbocycles. The number of urea groups is 1. The zero-order chi connectivity index (χ0) is 19.0. The van der Waals surface area contributed by atoms with Crippen LogP contribution >= 0.6 is 0 Å². The summed E-state index contributed by atoms with van der Waals surface area (Å²) in [6.45, 7) is 6.16. The van der Waals surface area contributed by atoms with E-state index in [1.165, 1.54) is 22.3 Å². The maximum Gasteiger partial charge on any atom is 0.360 e. The SMILES string of the molecule is CCC(C)N1CCC([S+]([O-])NC(=O)Nc2c3c(cc4c2CCC4)CCC3)C1. The molecule has 3 atom stereocenters. The highest BCUT2D eigenvalue weighted by molar-refractivity contribution is 7.90. The van der Waals surface area contributed by atoms with Crippen molar-refractivity contribution in [2.45, 2.75) is 76.5 Å². The van der Waals surface area contributed by atoms with E-state index in [1.54, 1.807) is 0 Å². The normalized spacial score (nSPS) is 23.7. The van der Waals surface area contributed by atoms with Gasteiger partial charge in [-0.2, -0.15) is 4.72 Å². The summed E-state index contributed by atoms with van der Waals surface area (Å²) in [5.41, 5.74) is 6.42. The van der Waals surface area contributed by atoms with Gasteiger partial charge < -0.3 is 9.87 Å². The van der Waals surface area contributed by atoms with Gasteiger partial charge in [0.05, 0.1) is 11.4 Å². The highest BCUT2D eigenvalue weighted by Crippen LogP contribution is 2.38. The van der Waals surface area contributed by atoms with Gasteiger partial charge in [0.25, 0.3) is 0 Å². The van der Waals surface area contributed by atoms with Crippen molar-refractivity contribution in [3.05, 3.63) is 28.3 Å². The van der Waals surface area contributed by atoms with Gasteiger partial charge in [0.1, 0.15) is 0 Å². The monoisotopic (exact) mass is 389 g/mol. The van der Waals surface area contributed by atoms with Crippen LogP contribution in [0.2, 0.25) is 0 Å². The number of nitrogens with zero attached hydrogens (tertiary/aromatic N) is 1. The molecular formula is C21H31N3O2S. The van der Waals surface area contributed by atoms with Crippen molar-refractivity contribution in [1.29, 1.82) is 0 Å². The van der Waals surface area contributed by atoms with Gasteiger partial charge in [0.15, 0.2) is 5.25 Å². The largest absolute Gasteiger partial charge is 0.593 e. The highest BCUT2D eigenvalue weighted by atomic mass is 32.2. The third kappa shape index (κ3) is 3.84. The number of aryl methyl sites for hydroxylation is 2. The molecule has 2 amide bonds. The number of hydrogen-bond donors (Lipinski definition) is 2. The minimum Gasteiger partial charge on any atom is -0.593 e. The first kappa shape index (κ1) is 19.1. The maximum atomic E-state index is 12.7. The number of likely N-dealkylation sites (tertiary alicyclic amines) is 1. The van der Waals surface area contributed by atoms with Crippen LogP contribution in [0.5, 0.6) is 0 Å². The molecule has 3 unspecified atom stereocenters. The van der Waals surface area contributed by atoms with Crippen LogP contribution in [0, 0.1) is 0 Å². The Morgan fingerprint density at radius 3 is 2.56 bits per heavy atom. The lowest BCUT2D eigenvalue weighted by Gasteiger charge is -2.23. The molecule has 0 spiro atoms. The second kappa shape index (κ2) is 8.02. The van der Waals surface area contributed by atoms with Gasteiger partial charge in [-0.3, -0.25) is 4.90 Å². The summed E-state index contributed by atoms with van der Waals surface area (Å²) >= 11 is -1.34. The molecule has 1 aromatic carbocycles. The predicted octanol–water partition coefficient (Wildman–Crippen LogP) is 3.32. The van der Waals surface area contributed by atoms with Gasteiger partial charge in [0.2, 0.25) is 0 Å². The van der Waals surface area contributed by atoms with Crippen LogP contribution in [0.3, 0.4) is 0 Å². The van der Waals surface area contributed by atoms with Crippen molar-refractivity contribution in [2.75, 3.05) is 18.4 Å². The number of amides is 2. The van der Waals surface area contributed by atoms with E-state index < -0.39 is 11.4 Å². The zero-order valence-corrected chi connectivity index (χ0v) is 17.3. The van der Waals surface area contributed by atoms with Gasteiger partial charge in [-0.15, -0.1) is 0 Å². The molecule has 3 aliphatic rings. The minimum absolute atomic E-state index is 0.0250. The van der Waals surface area contributed by atoms with E-state index in [1.807, 2.05) is 0 Å². The van der Waals surface area contributed by atoms with Crippen LogP contribution in [0.25, 0.3) is 0 Å². The summed E-state index contributed by atoms with van der Waals surface area (Å²) in [5, 5.41) is 3.11. The Balaban J connectivity index is 1.41. The molecule has 4 rings (SSSR count). The fourth-order valence-electron chi connectivity index (χ4n) is 4.87.